The molecular weight excluding hydrogens is 277 g/mol. The molecule has 0 radical (unpaired) electrons. The number of hydrogen-bond donors (Lipinski definition) is 2. The summed E-state index contributed by atoms with van der Waals surface area (Å²) in [5.74, 6) is 5.74. The number of thiazole rings is 1. The number of methoxy groups -OCH3 is 1. The maximum atomic E-state index is 14.1. The van der Waals surface area contributed by atoms with Crippen LogP contribution in [-0.4, -0.2) is 12.1 Å². The molecule has 1 unspecified atom stereocenters. The lowest BCUT2D eigenvalue weighted by atomic mass is 10.0. The normalized spacial score (nSPS) is 12.4. The molecule has 0 amide bonds. The van der Waals surface area contributed by atoms with Gasteiger partial charge in [0.25, 0.3) is 0 Å². The van der Waals surface area contributed by atoms with Gasteiger partial charge in [-0.1, -0.05) is 6.07 Å². The molecule has 1 aromatic carbocycles. The lowest BCUT2D eigenvalue weighted by Gasteiger charge is -2.18. The van der Waals surface area contributed by atoms with Crippen LogP contribution >= 0.6 is 11.3 Å². The highest BCUT2D eigenvalue weighted by Crippen LogP contribution is 2.31. The second kappa shape index (κ2) is 6.30. The Labute approximate surface area is 121 Å². The van der Waals surface area contributed by atoms with Crippen LogP contribution in [0, 0.1) is 19.7 Å². The number of hydrogen-bond acceptors (Lipinski definition) is 5. The third-order valence-corrected chi connectivity index (χ3v) is 4.33. The van der Waals surface area contributed by atoms with Crippen molar-refractivity contribution >= 4 is 11.3 Å². The first-order valence-electron chi connectivity index (χ1n) is 6.28. The summed E-state index contributed by atoms with van der Waals surface area (Å²) in [4.78, 5) is 5.63. The first kappa shape index (κ1) is 14.9. The Kier molecular flexibility index (Phi) is 4.69. The van der Waals surface area contributed by atoms with Gasteiger partial charge in [-0.25, -0.2) is 9.37 Å². The van der Waals surface area contributed by atoms with Crippen LogP contribution < -0.4 is 16.0 Å². The molecular formula is C14H18FN3OS. The highest BCUT2D eigenvalue weighted by Gasteiger charge is 2.21. The van der Waals surface area contributed by atoms with E-state index in [0.29, 0.717) is 17.7 Å². The van der Waals surface area contributed by atoms with E-state index in [-0.39, 0.29) is 11.9 Å². The maximum Gasteiger partial charge on any atom is 0.131 e. The Morgan fingerprint density at radius 1 is 1.45 bits per heavy atom. The second-order valence-electron chi connectivity index (χ2n) is 4.53. The number of halogens is 1. The Bertz CT molecular complexity index is 581. The van der Waals surface area contributed by atoms with Crippen molar-refractivity contribution in [2.45, 2.75) is 26.3 Å². The SMILES string of the molecule is COc1cccc(F)c1C(Cc1nc(C)c(C)s1)NN. The molecule has 1 aromatic heterocycles. The smallest absolute Gasteiger partial charge is 0.131 e. The molecule has 3 N–H and O–H groups in total. The fraction of sp³-hybridized carbons (Fsp3) is 0.357. The fourth-order valence-corrected chi connectivity index (χ4v) is 3.06. The average Bonchev–Trinajstić information content (AvgIpc) is 2.75. The Balaban J connectivity index is 2.33. The number of nitrogens with one attached hydrogen (secondary N) is 1. The molecule has 20 heavy (non-hydrogen) atoms. The van der Waals surface area contributed by atoms with E-state index in [1.54, 1.807) is 23.5 Å². The summed E-state index contributed by atoms with van der Waals surface area (Å²) in [6.45, 7) is 3.98. The van der Waals surface area contributed by atoms with Gasteiger partial charge in [0.15, 0.2) is 0 Å². The average molecular weight is 295 g/mol. The summed E-state index contributed by atoms with van der Waals surface area (Å²) >= 11 is 1.60. The van der Waals surface area contributed by atoms with E-state index in [1.807, 2.05) is 13.8 Å². The van der Waals surface area contributed by atoms with Crippen LogP contribution in [0.25, 0.3) is 0 Å². The Morgan fingerprint density at radius 3 is 2.75 bits per heavy atom. The predicted molar refractivity (Wildman–Crippen MR) is 78.3 cm³/mol. The fourth-order valence-electron chi connectivity index (χ4n) is 2.08. The van der Waals surface area contributed by atoms with Gasteiger partial charge < -0.3 is 4.74 Å². The third kappa shape index (κ3) is 2.98. The van der Waals surface area contributed by atoms with Gasteiger partial charge in [-0.3, -0.25) is 11.3 Å². The minimum atomic E-state index is -0.379. The number of rotatable bonds is 5. The summed E-state index contributed by atoms with van der Waals surface area (Å²) in [6.07, 6.45) is 0.521. The summed E-state index contributed by atoms with van der Waals surface area (Å²) in [7, 11) is 1.52. The quantitative estimate of drug-likeness (QED) is 0.657. The van der Waals surface area contributed by atoms with Crippen molar-refractivity contribution < 1.29 is 9.13 Å². The third-order valence-electron chi connectivity index (χ3n) is 3.23. The van der Waals surface area contributed by atoms with Crippen LogP contribution in [0.2, 0.25) is 0 Å². The van der Waals surface area contributed by atoms with Crippen LogP contribution in [0.15, 0.2) is 18.2 Å². The maximum absolute atomic E-state index is 14.1. The molecule has 0 saturated heterocycles. The number of ether oxygens (including phenoxy) is 1. The van der Waals surface area contributed by atoms with Gasteiger partial charge in [0.2, 0.25) is 0 Å². The minimum absolute atomic E-state index is 0.336. The van der Waals surface area contributed by atoms with Crippen LogP contribution in [0.1, 0.15) is 27.2 Å². The molecule has 2 rings (SSSR count). The molecule has 1 atom stereocenters. The van der Waals surface area contributed by atoms with Crippen LogP contribution in [0.3, 0.4) is 0 Å². The van der Waals surface area contributed by atoms with E-state index in [1.165, 1.54) is 13.2 Å². The highest BCUT2D eigenvalue weighted by atomic mass is 32.1. The lowest BCUT2D eigenvalue weighted by Crippen LogP contribution is -2.30. The van der Waals surface area contributed by atoms with Gasteiger partial charge >= 0.3 is 0 Å². The monoisotopic (exact) mass is 295 g/mol. The molecule has 4 nitrogen and oxygen atoms in total. The standard InChI is InChI=1S/C14H18FN3OS/c1-8-9(2)20-13(17-8)7-11(18-16)14-10(15)5-4-6-12(14)19-3/h4-6,11,18H,7,16H2,1-3H3. The van der Waals surface area contributed by atoms with Gasteiger partial charge in [-0.2, -0.15) is 0 Å². The zero-order valence-corrected chi connectivity index (χ0v) is 12.6. The number of nitrogens with two attached hydrogens (primary N) is 1. The molecule has 0 bridgehead atoms. The molecule has 0 fully saturated rings. The van der Waals surface area contributed by atoms with Gasteiger partial charge in [0.1, 0.15) is 11.6 Å². The summed E-state index contributed by atoms with van der Waals surface area (Å²) in [5, 5.41) is 0.924. The van der Waals surface area contributed by atoms with Crippen LogP contribution in [0.4, 0.5) is 4.39 Å². The molecule has 0 aliphatic heterocycles. The van der Waals surface area contributed by atoms with E-state index in [9.17, 15) is 4.39 Å². The summed E-state index contributed by atoms with van der Waals surface area (Å²) in [5.41, 5.74) is 4.09. The molecule has 2 aromatic rings. The van der Waals surface area contributed by atoms with Crippen LogP contribution in [0.5, 0.6) is 5.75 Å². The van der Waals surface area contributed by atoms with Gasteiger partial charge in [0, 0.05) is 16.9 Å². The molecule has 0 aliphatic rings. The van der Waals surface area contributed by atoms with E-state index >= 15 is 0 Å². The zero-order chi connectivity index (χ0) is 14.7. The Hall–Kier alpha value is -1.50. The van der Waals surface area contributed by atoms with Crippen molar-refractivity contribution in [2.75, 3.05) is 7.11 Å². The summed E-state index contributed by atoms with van der Waals surface area (Å²) < 4.78 is 19.3. The topological polar surface area (TPSA) is 60.2 Å². The number of aromatic nitrogens is 1. The number of benzene rings is 1. The molecule has 6 heteroatoms. The van der Waals surface area contributed by atoms with Crippen molar-refractivity contribution in [1.82, 2.24) is 10.4 Å². The number of aryl methyl sites for hydroxylation is 2. The van der Waals surface area contributed by atoms with Crippen molar-refractivity contribution in [3.8, 4) is 5.75 Å². The zero-order valence-electron chi connectivity index (χ0n) is 11.7. The Morgan fingerprint density at radius 2 is 2.20 bits per heavy atom. The highest BCUT2D eigenvalue weighted by molar-refractivity contribution is 7.11. The lowest BCUT2D eigenvalue weighted by molar-refractivity contribution is 0.390. The van der Waals surface area contributed by atoms with Gasteiger partial charge in [-0.05, 0) is 26.0 Å². The molecule has 108 valence electrons. The van der Waals surface area contributed by atoms with E-state index < -0.39 is 0 Å². The van der Waals surface area contributed by atoms with Crippen molar-refractivity contribution in [3.63, 3.8) is 0 Å². The molecule has 1 heterocycles. The largest absolute Gasteiger partial charge is 0.496 e. The van der Waals surface area contributed by atoms with Gasteiger partial charge in [0.05, 0.1) is 23.9 Å². The molecule has 0 saturated carbocycles. The van der Waals surface area contributed by atoms with Gasteiger partial charge in [-0.15, -0.1) is 11.3 Å². The van der Waals surface area contributed by atoms with Crippen molar-refractivity contribution in [2.24, 2.45) is 5.84 Å². The second-order valence-corrected chi connectivity index (χ2v) is 5.82. The van der Waals surface area contributed by atoms with Crippen molar-refractivity contribution in [3.05, 3.63) is 45.2 Å². The van der Waals surface area contributed by atoms with Crippen LogP contribution in [-0.2, 0) is 6.42 Å². The molecule has 0 spiro atoms. The molecule has 0 aliphatic carbocycles. The first-order chi connectivity index (χ1) is 9.56. The van der Waals surface area contributed by atoms with Crippen molar-refractivity contribution in [1.29, 1.82) is 0 Å². The van der Waals surface area contributed by atoms with E-state index in [4.69, 9.17) is 10.6 Å². The first-order valence-corrected chi connectivity index (χ1v) is 7.10. The summed E-state index contributed by atoms with van der Waals surface area (Å²) in [6, 6.07) is 4.36. The number of nitrogens with zero attached hydrogens (tertiary/aromatic N) is 1. The number of hydrazine groups is 1. The minimum Gasteiger partial charge on any atom is -0.496 e. The van der Waals surface area contributed by atoms with E-state index in [2.05, 4.69) is 10.4 Å². The predicted octanol–water partition coefficient (Wildman–Crippen LogP) is 2.65. The van der Waals surface area contributed by atoms with E-state index in [0.717, 1.165) is 15.6 Å².